The molecular weight excluding hydrogens is 332 g/mol. The normalized spacial score (nSPS) is 18.3. The van der Waals surface area contributed by atoms with Crippen LogP contribution in [0, 0.1) is 19.8 Å². The molecule has 2 aromatic heterocycles. The van der Waals surface area contributed by atoms with Crippen molar-refractivity contribution in [2.75, 3.05) is 24.5 Å². The summed E-state index contributed by atoms with van der Waals surface area (Å²) in [5.41, 5.74) is 3.34. The number of amides is 1. The fraction of sp³-hybridized carbons (Fsp3) is 0.526. The van der Waals surface area contributed by atoms with E-state index in [2.05, 4.69) is 31.2 Å². The van der Waals surface area contributed by atoms with E-state index in [9.17, 15) is 4.79 Å². The van der Waals surface area contributed by atoms with Gasteiger partial charge in [-0.1, -0.05) is 0 Å². The molecule has 6 heteroatoms. The Morgan fingerprint density at radius 3 is 2.60 bits per heavy atom. The number of carbonyl (C=O) groups excluding carboxylic acids is 1. The van der Waals surface area contributed by atoms with E-state index in [1.807, 2.05) is 31.3 Å². The van der Waals surface area contributed by atoms with Crippen LogP contribution in [0.5, 0.6) is 0 Å². The van der Waals surface area contributed by atoms with Gasteiger partial charge in [-0.2, -0.15) is 0 Å². The lowest BCUT2D eigenvalue weighted by atomic mass is 9.94. The van der Waals surface area contributed by atoms with E-state index < -0.39 is 0 Å². The van der Waals surface area contributed by atoms with Crippen LogP contribution in [-0.4, -0.2) is 40.4 Å². The maximum absolute atomic E-state index is 12.9. The SMILES string of the molecule is Cc1cc(C)nc(N2CCC(C(=O)N3CCc4sccc4C3)CC2)n1. The Kier molecular flexibility index (Phi) is 4.46. The van der Waals surface area contributed by atoms with Crippen LogP contribution in [-0.2, 0) is 17.8 Å². The summed E-state index contributed by atoms with van der Waals surface area (Å²) in [4.78, 5) is 27.8. The van der Waals surface area contributed by atoms with Crippen molar-refractivity contribution in [1.82, 2.24) is 14.9 Å². The molecule has 1 amide bonds. The number of rotatable bonds is 2. The van der Waals surface area contributed by atoms with Gasteiger partial charge in [0, 0.05) is 48.4 Å². The number of aryl methyl sites for hydroxylation is 2. The van der Waals surface area contributed by atoms with Crippen LogP contribution in [0.15, 0.2) is 17.5 Å². The van der Waals surface area contributed by atoms with Crippen LogP contribution < -0.4 is 4.90 Å². The van der Waals surface area contributed by atoms with Gasteiger partial charge >= 0.3 is 0 Å². The topological polar surface area (TPSA) is 49.3 Å². The largest absolute Gasteiger partial charge is 0.341 e. The Bertz CT molecular complexity index is 759. The molecule has 0 aliphatic carbocycles. The summed E-state index contributed by atoms with van der Waals surface area (Å²) in [6.45, 7) is 7.38. The first-order chi connectivity index (χ1) is 12.1. The molecule has 2 aromatic rings. The second-order valence-corrected chi connectivity index (χ2v) is 8.09. The molecule has 2 aliphatic rings. The first-order valence-electron chi connectivity index (χ1n) is 9.01. The van der Waals surface area contributed by atoms with E-state index in [1.54, 1.807) is 0 Å². The molecular formula is C19H24N4OS. The average molecular weight is 356 g/mol. The van der Waals surface area contributed by atoms with Crippen molar-refractivity contribution in [2.45, 2.75) is 39.7 Å². The molecule has 4 rings (SSSR count). The fourth-order valence-corrected chi connectivity index (χ4v) is 4.76. The van der Waals surface area contributed by atoms with Gasteiger partial charge in [-0.3, -0.25) is 4.79 Å². The number of thiophene rings is 1. The highest BCUT2D eigenvalue weighted by molar-refractivity contribution is 7.10. The van der Waals surface area contributed by atoms with Crippen molar-refractivity contribution >= 4 is 23.2 Å². The van der Waals surface area contributed by atoms with E-state index >= 15 is 0 Å². The fourth-order valence-electron chi connectivity index (χ4n) is 3.87. The highest BCUT2D eigenvalue weighted by atomic mass is 32.1. The molecule has 25 heavy (non-hydrogen) atoms. The molecule has 5 nitrogen and oxygen atoms in total. The maximum Gasteiger partial charge on any atom is 0.226 e. The van der Waals surface area contributed by atoms with Crippen molar-refractivity contribution in [3.05, 3.63) is 39.3 Å². The highest BCUT2D eigenvalue weighted by Gasteiger charge is 2.31. The second kappa shape index (κ2) is 6.75. The first kappa shape index (κ1) is 16.5. The van der Waals surface area contributed by atoms with Crippen LogP contribution in [0.2, 0.25) is 0 Å². The van der Waals surface area contributed by atoms with E-state index in [1.165, 1.54) is 10.4 Å². The van der Waals surface area contributed by atoms with Crippen LogP contribution >= 0.6 is 11.3 Å². The number of fused-ring (bicyclic) bond motifs is 1. The van der Waals surface area contributed by atoms with Crippen LogP contribution in [0.25, 0.3) is 0 Å². The lowest BCUT2D eigenvalue weighted by molar-refractivity contribution is -0.137. The smallest absolute Gasteiger partial charge is 0.226 e. The zero-order valence-corrected chi connectivity index (χ0v) is 15.7. The highest BCUT2D eigenvalue weighted by Crippen LogP contribution is 2.28. The molecule has 132 valence electrons. The molecule has 0 N–H and O–H groups in total. The predicted molar refractivity (Wildman–Crippen MR) is 99.9 cm³/mol. The molecule has 2 aliphatic heterocycles. The molecule has 0 unspecified atom stereocenters. The van der Waals surface area contributed by atoms with E-state index in [4.69, 9.17) is 0 Å². The minimum atomic E-state index is 0.141. The lowest BCUT2D eigenvalue weighted by Crippen LogP contribution is -2.44. The van der Waals surface area contributed by atoms with Gasteiger partial charge in [0.05, 0.1) is 0 Å². The van der Waals surface area contributed by atoms with Gasteiger partial charge < -0.3 is 9.80 Å². The quantitative estimate of drug-likeness (QED) is 0.830. The van der Waals surface area contributed by atoms with Gasteiger partial charge in [-0.05, 0) is 56.2 Å². The van der Waals surface area contributed by atoms with Crippen molar-refractivity contribution in [3.63, 3.8) is 0 Å². The number of carbonyl (C=O) groups is 1. The van der Waals surface area contributed by atoms with Gasteiger partial charge in [0.25, 0.3) is 0 Å². The second-order valence-electron chi connectivity index (χ2n) is 7.09. The Morgan fingerprint density at radius 2 is 1.88 bits per heavy atom. The number of aromatic nitrogens is 2. The molecule has 1 saturated heterocycles. The van der Waals surface area contributed by atoms with Crippen LogP contribution in [0.4, 0.5) is 5.95 Å². The minimum Gasteiger partial charge on any atom is -0.341 e. The molecule has 1 fully saturated rings. The number of anilines is 1. The van der Waals surface area contributed by atoms with Crippen LogP contribution in [0.1, 0.15) is 34.7 Å². The zero-order chi connectivity index (χ0) is 17.4. The molecule has 0 saturated carbocycles. The Labute approximate surface area is 152 Å². The summed E-state index contributed by atoms with van der Waals surface area (Å²) in [6, 6.07) is 4.16. The molecule has 0 aromatic carbocycles. The molecule has 0 atom stereocenters. The summed E-state index contributed by atoms with van der Waals surface area (Å²) in [5.74, 6) is 1.28. The number of hydrogen-bond acceptors (Lipinski definition) is 5. The van der Waals surface area contributed by atoms with Crippen molar-refractivity contribution in [3.8, 4) is 0 Å². The third-order valence-corrected chi connectivity index (χ3v) is 6.24. The summed E-state index contributed by atoms with van der Waals surface area (Å²) >= 11 is 1.82. The van der Waals surface area contributed by atoms with Gasteiger partial charge in [-0.15, -0.1) is 11.3 Å². The summed E-state index contributed by atoms with van der Waals surface area (Å²) in [5, 5.41) is 2.14. The number of hydrogen-bond donors (Lipinski definition) is 0. The van der Waals surface area contributed by atoms with E-state index in [-0.39, 0.29) is 5.92 Å². The Morgan fingerprint density at radius 1 is 1.16 bits per heavy atom. The first-order valence-corrected chi connectivity index (χ1v) is 9.89. The molecule has 0 bridgehead atoms. The van der Waals surface area contributed by atoms with Crippen molar-refractivity contribution < 1.29 is 4.79 Å². The van der Waals surface area contributed by atoms with Crippen LogP contribution in [0.3, 0.4) is 0 Å². The zero-order valence-electron chi connectivity index (χ0n) is 14.9. The van der Waals surface area contributed by atoms with Gasteiger partial charge in [-0.25, -0.2) is 9.97 Å². The monoisotopic (exact) mass is 356 g/mol. The average Bonchev–Trinajstić information content (AvgIpc) is 3.08. The van der Waals surface area contributed by atoms with E-state index in [0.717, 1.165) is 62.8 Å². The van der Waals surface area contributed by atoms with Crippen molar-refractivity contribution in [1.29, 1.82) is 0 Å². The summed E-state index contributed by atoms with van der Waals surface area (Å²) in [6.07, 6.45) is 2.79. The third kappa shape index (κ3) is 3.40. The Balaban J connectivity index is 1.38. The Hall–Kier alpha value is -1.95. The van der Waals surface area contributed by atoms with Gasteiger partial charge in [0.1, 0.15) is 0 Å². The predicted octanol–water partition coefficient (Wildman–Crippen LogP) is 2.96. The molecule has 4 heterocycles. The molecule has 0 spiro atoms. The lowest BCUT2D eigenvalue weighted by Gasteiger charge is -2.35. The standard InChI is InChI=1S/C19H24N4OS/c1-13-11-14(2)21-19(20-13)22-7-3-15(4-8-22)18(24)23-9-5-17-16(12-23)6-10-25-17/h6,10-11,15H,3-5,7-9,12H2,1-2H3. The summed E-state index contributed by atoms with van der Waals surface area (Å²) in [7, 11) is 0. The number of piperidine rings is 1. The third-order valence-electron chi connectivity index (χ3n) is 5.22. The maximum atomic E-state index is 12.9. The number of nitrogens with zero attached hydrogens (tertiary/aromatic N) is 4. The van der Waals surface area contributed by atoms with Gasteiger partial charge in [0.2, 0.25) is 11.9 Å². The minimum absolute atomic E-state index is 0.141. The van der Waals surface area contributed by atoms with Gasteiger partial charge in [0.15, 0.2) is 0 Å². The van der Waals surface area contributed by atoms with Crippen molar-refractivity contribution in [2.24, 2.45) is 5.92 Å². The van der Waals surface area contributed by atoms with E-state index in [0.29, 0.717) is 5.91 Å². The molecule has 0 radical (unpaired) electrons. The summed E-state index contributed by atoms with van der Waals surface area (Å²) < 4.78 is 0.